The van der Waals surface area contributed by atoms with Crippen molar-refractivity contribution in [1.82, 2.24) is 4.90 Å². The minimum absolute atomic E-state index is 0.263. The van der Waals surface area contributed by atoms with Crippen molar-refractivity contribution in [3.63, 3.8) is 0 Å². The third-order valence-electron chi connectivity index (χ3n) is 3.38. The van der Waals surface area contributed by atoms with Crippen LogP contribution in [0.1, 0.15) is 32.3 Å². The van der Waals surface area contributed by atoms with E-state index in [2.05, 4.69) is 26.0 Å². The third kappa shape index (κ3) is 3.09. The summed E-state index contributed by atoms with van der Waals surface area (Å²) in [6, 6.07) is 10.2. The summed E-state index contributed by atoms with van der Waals surface area (Å²) in [7, 11) is 0. The van der Waals surface area contributed by atoms with Crippen LogP contribution < -0.4 is 0 Å². The van der Waals surface area contributed by atoms with E-state index in [9.17, 15) is 4.79 Å². The van der Waals surface area contributed by atoms with E-state index in [1.165, 1.54) is 5.56 Å². The Morgan fingerprint density at radius 1 is 1.29 bits per heavy atom. The summed E-state index contributed by atoms with van der Waals surface area (Å²) in [5.74, 6) is 1.22. The minimum Gasteiger partial charge on any atom is -0.338 e. The molecule has 0 radical (unpaired) electrons. The van der Waals surface area contributed by atoms with Gasteiger partial charge in [0.15, 0.2) is 0 Å². The lowest BCUT2D eigenvalue weighted by atomic mass is 9.96. The van der Waals surface area contributed by atoms with Crippen molar-refractivity contribution in [2.75, 3.05) is 6.54 Å². The van der Waals surface area contributed by atoms with E-state index in [-0.39, 0.29) is 5.92 Å². The molecule has 92 valence electrons. The molecule has 0 bridgehead atoms. The molecule has 1 saturated heterocycles. The van der Waals surface area contributed by atoms with Crippen LogP contribution in [0.25, 0.3) is 0 Å². The Morgan fingerprint density at radius 3 is 2.65 bits per heavy atom. The monoisotopic (exact) mass is 231 g/mol. The fourth-order valence-corrected chi connectivity index (χ4v) is 2.55. The van der Waals surface area contributed by atoms with Gasteiger partial charge in [-0.25, -0.2) is 0 Å². The fourth-order valence-electron chi connectivity index (χ4n) is 2.55. The third-order valence-corrected chi connectivity index (χ3v) is 3.38. The van der Waals surface area contributed by atoms with Crippen molar-refractivity contribution in [3.8, 4) is 0 Å². The largest absolute Gasteiger partial charge is 0.338 e. The zero-order valence-corrected chi connectivity index (χ0v) is 10.7. The number of hydrogen-bond donors (Lipinski definition) is 0. The first-order valence-corrected chi connectivity index (χ1v) is 6.49. The van der Waals surface area contributed by atoms with E-state index in [1.807, 2.05) is 23.1 Å². The Kier molecular flexibility index (Phi) is 3.82. The molecule has 0 saturated carbocycles. The lowest BCUT2D eigenvalue weighted by Crippen LogP contribution is -2.27. The number of hydrogen-bond acceptors (Lipinski definition) is 1. The Bertz CT molecular complexity index is 372. The average molecular weight is 231 g/mol. The van der Waals surface area contributed by atoms with Crippen LogP contribution in [0.2, 0.25) is 0 Å². The van der Waals surface area contributed by atoms with Gasteiger partial charge in [0.25, 0.3) is 0 Å². The molecule has 1 aromatic carbocycles. The summed E-state index contributed by atoms with van der Waals surface area (Å²) in [5.41, 5.74) is 1.23. The number of benzene rings is 1. The molecule has 1 aromatic rings. The summed E-state index contributed by atoms with van der Waals surface area (Å²) < 4.78 is 0. The van der Waals surface area contributed by atoms with Gasteiger partial charge in [0.2, 0.25) is 5.91 Å². The second-order valence-corrected chi connectivity index (χ2v) is 5.36. The van der Waals surface area contributed by atoms with Gasteiger partial charge < -0.3 is 4.90 Å². The van der Waals surface area contributed by atoms with E-state index in [4.69, 9.17) is 0 Å². The number of likely N-dealkylation sites (tertiary alicyclic amines) is 1. The first-order valence-electron chi connectivity index (χ1n) is 6.49. The molecule has 1 heterocycles. The first kappa shape index (κ1) is 12.2. The molecule has 1 fully saturated rings. The molecule has 0 unspecified atom stereocenters. The quantitative estimate of drug-likeness (QED) is 0.780. The maximum atomic E-state index is 12.2. The number of rotatable bonds is 4. The zero-order chi connectivity index (χ0) is 12.3. The van der Waals surface area contributed by atoms with E-state index in [0.717, 1.165) is 25.9 Å². The van der Waals surface area contributed by atoms with Gasteiger partial charge in [-0.2, -0.15) is 0 Å². The molecule has 0 spiro atoms. The maximum absolute atomic E-state index is 12.2. The van der Waals surface area contributed by atoms with E-state index in [0.29, 0.717) is 11.8 Å². The van der Waals surface area contributed by atoms with Crippen LogP contribution in [0.3, 0.4) is 0 Å². The molecular formula is C15H21NO. The highest BCUT2D eigenvalue weighted by Crippen LogP contribution is 2.25. The molecule has 17 heavy (non-hydrogen) atoms. The molecule has 2 rings (SSSR count). The maximum Gasteiger partial charge on any atom is 0.226 e. The molecule has 1 atom stereocenters. The molecule has 1 aliphatic rings. The molecular weight excluding hydrogens is 210 g/mol. The van der Waals surface area contributed by atoms with Gasteiger partial charge in [0.05, 0.1) is 0 Å². The van der Waals surface area contributed by atoms with Crippen LogP contribution in [-0.2, 0) is 11.3 Å². The topological polar surface area (TPSA) is 20.3 Å². The summed E-state index contributed by atoms with van der Waals surface area (Å²) in [4.78, 5) is 14.2. The molecule has 0 aromatic heterocycles. The molecule has 0 N–H and O–H groups in total. The van der Waals surface area contributed by atoms with E-state index < -0.39 is 0 Å². The Balaban J connectivity index is 1.94. The highest BCUT2D eigenvalue weighted by Gasteiger charge is 2.31. The van der Waals surface area contributed by atoms with Crippen LogP contribution in [0.5, 0.6) is 0 Å². The molecule has 1 amide bonds. The predicted octanol–water partition coefficient (Wildman–Crippen LogP) is 3.08. The van der Waals surface area contributed by atoms with Crippen molar-refractivity contribution >= 4 is 5.91 Å². The van der Waals surface area contributed by atoms with Crippen LogP contribution >= 0.6 is 0 Å². The number of carbonyl (C=O) groups is 1. The van der Waals surface area contributed by atoms with Gasteiger partial charge in [-0.15, -0.1) is 0 Å². The molecule has 0 aliphatic carbocycles. The van der Waals surface area contributed by atoms with Crippen molar-refractivity contribution in [2.24, 2.45) is 11.8 Å². The average Bonchev–Trinajstić information content (AvgIpc) is 2.62. The molecule has 1 aliphatic heterocycles. The van der Waals surface area contributed by atoms with Crippen LogP contribution in [0, 0.1) is 11.8 Å². The lowest BCUT2D eigenvalue weighted by Gasteiger charge is -2.17. The number of amides is 1. The molecule has 2 nitrogen and oxygen atoms in total. The number of nitrogens with zero attached hydrogens (tertiary/aromatic N) is 1. The Morgan fingerprint density at radius 2 is 2.00 bits per heavy atom. The highest BCUT2D eigenvalue weighted by atomic mass is 16.2. The fraction of sp³-hybridized carbons (Fsp3) is 0.533. The Labute approximate surface area is 104 Å². The summed E-state index contributed by atoms with van der Waals surface area (Å²) in [6.07, 6.45) is 2.06. The number of carbonyl (C=O) groups excluding carboxylic acids is 1. The van der Waals surface area contributed by atoms with Gasteiger partial charge >= 0.3 is 0 Å². The SMILES string of the molecule is CC(C)C[C@H]1CCN(Cc2ccccc2)C1=O. The smallest absolute Gasteiger partial charge is 0.226 e. The van der Waals surface area contributed by atoms with Crippen molar-refractivity contribution in [1.29, 1.82) is 0 Å². The van der Waals surface area contributed by atoms with Crippen LogP contribution in [0.15, 0.2) is 30.3 Å². The zero-order valence-electron chi connectivity index (χ0n) is 10.7. The summed E-state index contributed by atoms with van der Waals surface area (Å²) in [5, 5.41) is 0. The van der Waals surface area contributed by atoms with Crippen molar-refractivity contribution in [2.45, 2.75) is 33.2 Å². The van der Waals surface area contributed by atoms with Crippen molar-refractivity contribution < 1.29 is 4.79 Å². The second-order valence-electron chi connectivity index (χ2n) is 5.36. The second kappa shape index (κ2) is 5.35. The van der Waals surface area contributed by atoms with Crippen LogP contribution in [-0.4, -0.2) is 17.4 Å². The predicted molar refractivity (Wildman–Crippen MR) is 69.4 cm³/mol. The van der Waals surface area contributed by atoms with Gasteiger partial charge in [0, 0.05) is 19.0 Å². The highest BCUT2D eigenvalue weighted by molar-refractivity contribution is 5.80. The van der Waals surface area contributed by atoms with Gasteiger partial charge in [-0.05, 0) is 24.3 Å². The lowest BCUT2D eigenvalue weighted by molar-refractivity contribution is -0.131. The van der Waals surface area contributed by atoms with Gasteiger partial charge in [-0.1, -0.05) is 44.2 Å². The van der Waals surface area contributed by atoms with Gasteiger partial charge in [-0.3, -0.25) is 4.79 Å². The van der Waals surface area contributed by atoms with Gasteiger partial charge in [0.1, 0.15) is 0 Å². The van der Waals surface area contributed by atoms with Crippen molar-refractivity contribution in [3.05, 3.63) is 35.9 Å². The van der Waals surface area contributed by atoms with E-state index >= 15 is 0 Å². The summed E-state index contributed by atoms with van der Waals surface area (Å²) >= 11 is 0. The normalized spacial score (nSPS) is 20.3. The summed E-state index contributed by atoms with van der Waals surface area (Å²) in [6.45, 7) is 6.07. The standard InChI is InChI=1S/C15H21NO/c1-12(2)10-14-8-9-16(15(14)17)11-13-6-4-3-5-7-13/h3-7,12,14H,8-11H2,1-2H3/t14-/m1/s1. The van der Waals surface area contributed by atoms with E-state index in [1.54, 1.807) is 0 Å². The first-order chi connectivity index (χ1) is 8.16. The minimum atomic E-state index is 0.263. The Hall–Kier alpha value is -1.31. The molecule has 2 heteroatoms. The van der Waals surface area contributed by atoms with Crippen LogP contribution in [0.4, 0.5) is 0 Å².